The van der Waals surface area contributed by atoms with Gasteiger partial charge < -0.3 is 15.5 Å². The molecule has 2 heterocycles. The molecule has 0 saturated carbocycles. The maximum atomic E-state index is 12.8. The van der Waals surface area contributed by atoms with E-state index in [0.29, 0.717) is 11.2 Å². The van der Waals surface area contributed by atoms with E-state index < -0.39 is 5.54 Å². The van der Waals surface area contributed by atoms with Gasteiger partial charge in [0.1, 0.15) is 5.65 Å². The maximum absolute atomic E-state index is 12.8. The Bertz CT molecular complexity index is 848. The number of aryl methyl sites for hydroxylation is 2. The van der Waals surface area contributed by atoms with Crippen molar-refractivity contribution in [3.05, 3.63) is 47.1 Å². The summed E-state index contributed by atoms with van der Waals surface area (Å²) in [5, 5.41) is 3.13. The van der Waals surface area contributed by atoms with E-state index in [2.05, 4.69) is 15.3 Å². The standard InChI is InChI=1S/C18H23N5O/c1-12-9-13(2)23-8-6-15(16(23)21-12)17(24)22-18(3)7-4-5-14(10-18)20-11-19/h6,8-11H,4-5,7H2,1-3H3,(H2,19,20)(H,22,24). The molecule has 0 bridgehead atoms. The van der Waals surface area contributed by atoms with Crippen LogP contribution in [0, 0.1) is 13.8 Å². The van der Waals surface area contributed by atoms with E-state index >= 15 is 0 Å². The van der Waals surface area contributed by atoms with Crippen molar-refractivity contribution < 1.29 is 4.79 Å². The molecule has 0 spiro atoms. The predicted molar refractivity (Wildman–Crippen MR) is 95.2 cm³/mol. The number of fused-ring (bicyclic) bond motifs is 1. The van der Waals surface area contributed by atoms with E-state index in [0.717, 1.165) is 36.3 Å². The van der Waals surface area contributed by atoms with Crippen LogP contribution < -0.4 is 11.1 Å². The Labute approximate surface area is 141 Å². The van der Waals surface area contributed by atoms with E-state index in [1.165, 1.54) is 6.34 Å². The van der Waals surface area contributed by atoms with Gasteiger partial charge in [0, 0.05) is 23.3 Å². The molecule has 1 amide bonds. The molecular formula is C18H23N5O. The Morgan fingerprint density at radius 2 is 2.29 bits per heavy atom. The molecule has 2 aromatic heterocycles. The van der Waals surface area contributed by atoms with E-state index in [-0.39, 0.29) is 5.91 Å². The number of carbonyl (C=O) groups is 1. The average molecular weight is 325 g/mol. The summed E-state index contributed by atoms with van der Waals surface area (Å²) in [5.41, 5.74) is 9.11. The molecule has 2 aromatic rings. The van der Waals surface area contributed by atoms with E-state index in [1.807, 2.05) is 49.6 Å². The maximum Gasteiger partial charge on any atom is 0.255 e. The smallest absolute Gasteiger partial charge is 0.255 e. The second-order valence-electron chi connectivity index (χ2n) is 6.60. The summed E-state index contributed by atoms with van der Waals surface area (Å²) in [6.07, 6.45) is 7.91. The van der Waals surface area contributed by atoms with Crippen molar-refractivity contribution in [2.24, 2.45) is 10.7 Å². The summed E-state index contributed by atoms with van der Waals surface area (Å²) in [5.74, 6) is -0.119. The Hall–Kier alpha value is -2.63. The van der Waals surface area contributed by atoms with Gasteiger partial charge in [-0.3, -0.25) is 4.79 Å². The Morgan fingerprint density at radius 1 is 1.50 bits per heavy atom. The van der Waals surface area contributed by atoms with Crippen LogP contribution in [0.15, 0.2) is 35.1 Å². The van der Waals surface area contributed by atoms with Crippen LogP contribution in [0.5, 0.6) is 0 Å². The second-order valence-corrected chi connectivity index (χ2v) is 6.60. The van der Waals surface area contributed by atoms with Crippen molar-refractivity contribution >= 4 is 17.9 Å². The molecule has 0 fully saturated rings. The van der Waals surface area contributed by atoms with Crippen LogP contribution in [0.25, 0.3) is 5.65 Å². The zero-order valence-electron chi connectivity index (χ0n) is 14.3. The molecule has 3 N–H and O–H groups in total. The number of nitrogens with two attached hydrogens (primary N) is 1. The molecule has 3 rings (SSSR count). The number of hydrogen-bond acceptors (Lipinski definition) is 3. The van der Waals surface area contributed by atoms with Crippen molar-refractivity contribution in [2.75, 3.05) is 0 Å². The third-order valence-electron chi connectivity index (χ3n) is 4.44. The first-order valence-corrected chi connectivity index (χ1v) is 8.16. The molecule has 1 aliphatic rings. The quantitative estimate of drug-likeness (QED) is 0.671. The number of allylic oxidation sites excluding steroid dienone is 1. The fourth-order valence-corrected chi connectivity index (χ4v) is 3.34. The molecule has 1 aliphatic carbocycles. The Morgan fingerprint density at radius 3 is 3.04 bits per heavy atom. The van der Waals surface area contributed by atoms with Crippen molar-refractivity contribution in [1.82, 2.24) is 14.7 Å². The van der Waals surface area contributed by atoms with Crippen LogP contribution in [0.4, 0.5) is 0 Å². The van der Waals surface area contributed by atoms with Gasteiger partial charge in [-0.2, -0.15) is 0 Å². The lowest BCUT2D eigenvalue weighted by Crippen LogP contribution is -2.45. The van der Waals surface area contributed by atoms with Crippen LogP contribution in [0.3, 0.4) is 0 Å². The highest BCUT2D eigenvalue weighted by molar-refractivity contribution is 6.00. The number of amides is 1. The lowest BCUT2D eigenvalue weighted by molar-refractivity contribution is 0.0918. The third-order valence-corrected chi connectivity index (χ3v) is 4.44. The first-order chi connectivity index (χ1) is 11.4. The molecular weight excluding hydrogens is 302 g/mol. The molecule has 0 aliphatic heterocycles. The van der Waals surface area contributed by atoms with Crippen LogP contribution in [0.2, 0.25) is 0 Å². The van der Waals surface area contributed by atoms with E-state index in [9.17, 15) is 4.79 Å². The van der Waals surface area contributed by atoms with Gasteiger partial charge in [-0.15, -0.1) is 0 Å². The van der Waals surface area contributed by atoms with Crippen molar-refractivity contribution in [2.45, 2.75) is 45.6 Å². The van der Waals surface area contributed by atoms with Crippen molar-refractivity contribution in [1.29, 1.82) is 0 Å². The van der Waals surface area contributed by atoms with Gasteiger partial charge in [-0.25, -0.2) is 9.98 Å². The number of nitrogens with one attached hydrogen (secondary N) is 1. The van der Waals surface area contributed by atoms with Crippen LogP contribution in [-0.2, 0) is 0 Å². The number of aromatic nitrogens is 2. The largest absolute Gasteiger partial charge is 0.390 e. The molecule has 0 radical (unpaired) electrons. The fraction of sp³-hybridized carbons (Fsp3) is 0.389. The topological polar surface area (TPSA) is 84.8 Å². The normalized spacial score (nSPS) is 21.2. The molecule has 0 aromatic carbocycles. The highest BCUT2D eigenvalue weighted by Gasteiger charge is 2.29. The minimum Gasteiger partial charge on any atom is -0.390 e. The van der Waals surface area contributed by atoms with E-state index in [1.54, 1.807) is 0 Å². The zero-order chi connectivity index (χ0) is 17.3. The van der Waals surface area contributed by atoms with Crippen molar-refractivity contribution in [3.63, 3.8) is 0 Å². The molecule has 0 saturated heterocycles. The van der Waals surface area contributed by atoms with Gasteiger partial charge in [0.25, 0.3) is 5.91 Å². The summed E-state index contributed by atoms with van der Waals surface area (Å²) in [4.78, 5) is 21.5. The lowest BCUT2D eigenvalue weighted by atomic mass is 9.87. The van der Waals surface area contributed by atoms with Crippen LogP contribution in [0.1, 0.15) is 47.9 Å². The molecule has 6 nitrogen and oxygen atoms in total. The average Bonchev–Trinajstić information content (AvgIpc) is 2.91. The third kappa shape index (κ3) is 3.04. The summed E-state index contributed by atoms with van der Waals surface area (Å²) in [7, 11) is 0. The SMILES string of the molecule is Cc1cc(C)n2ccc(C(=O)NC3(C)C=C(N=CN)CCC3)c2n1. The van der Waals surface area contributed by atoms with Crippen molar-refractivity contribution in [3.8, 4) is 0 Å². The van der Waals surface area contributed by atoms with Crippen LogP contribution >= 0.6 is 0 Å². The number of carbonyl (C=O) groups excluding carboxylic acids is 1. The molecule has 1 unspecified atom stereocenters. The van der Waals surface area contributed by atoms with Crippen LogP contribution in [-0.4, -0.2) is 27.2 Å². The number of hydrogen-bond donors (Lipinski definition) is 2. The molecule has 1 atom stereocenters. The lowest BCUT2D eigenvalue weighted by Gasteiger charge is -2.31. The number of nitrogens with zero attached hydrogens (tertiary/aromatic N) is 3. The summed E-state index contributed by atoms with van der Waals surface area (Å²) >= 11 is 0. The zero-order valence-corrected chi connectivity index (χ0v) is 14.3. The summed E-state index contributed by atoms with van der Waals surface area (Å²) in [6.45, 7) is 5.95. The minimum absolute atomic E-state index is 0.119. The van der Waals surface area contributed by atoms with Gasteiger partial charge in [0.2, 0.25) is 0 Å². The highest BCUT2D eigenvalue weighted by Crippen LogP contribution is 2.27. The van der Waals surface area contributed by atoms with Gasteiger partial charge in [0.15, 0.2) is 0 Å². The summed E-state index contributed by atoms with van der Waals surface area (Å²) < 4.78 is 1.94. The minimum atomic E-state index is -0.426. The van der Waals surface area contributed by atoms with Gasteiger partial charge in [0.05, 0.1) is 17.4 Å². The number of aliphatic imine (C=N–C) groups is 1. The molecule has 24 heavy (non-hydrogen) atoms. The first-order valence-electron chi connectivity index (χ1n) is 8.16. The second kappa shape index (κ2) is 6.11. The first kappa shape index (κ1) is 16.2. The fourth-order valence-electron chi connectivity index (χ4n) is 3.34. The predicted octanol–water partition coefficient (Wildman–Crippen LogP) is 2.49. The monoisotopic (exact) mass is 325 g/mol. The van der Waals surface area contributed by atoms with Gasteiger partial charge >= 0.3 is 0 Å². The number of rotatable bonds is 3. The van der Waals surface area contributed by atoms with E-state index in [4.69, 9.17) is 5.73 Å². The van der Waals surface area contributed by atoms with Gasteiger partial charge in [-0.05, 0) is 58.2 Å². The van der Waals surface area contributed by atoms with Gasteiger partial charge in [-0.1, -0.05) is 0 Å². The molecule has 126 valence electrons. The Kier molecular flexibility index (Phi) is 4.13. The molecule has 6 heteroatoms. The highest BCUT2D eigenvalue weighted by atomic mass is 16.1. The Balaban J connectivity index is 1.92. The summed E-state index contributed by atoms with van der Waals surface area (Å²) in [6, 6.07) is 3.82.